The molecular weight excluding hydrogens is 683 g/mol. The van der Waals surface area contributed by atoms with E-state index < -0.39 is 0 Å². The Labute approximate surface area is 303 Å². The smallest absolute Gasteiger partial charge is 0.236 e. The molecule has 4 aromatic heterocycles. The molecule has 0 amide bonds. The van der Waals surface area contributed by atoms with Crippen molar-refractivity contribution in [2.75, 3.05) is 0 Å². The van der Waals surface area contributed by atoms with Crippen LogP contribution in [0.4, 0.5) is 0 Å². The first kappa shape index (κ1) is 28.1. The number of aromatic nitrogens is 3. The Kier molecular flexibility index (Phi) is 5.77. The molecule has 0 aliphatic carbocycles. The zero-order valence-electron chi connectivity index (χ0n) is 26.8. The molecule has 12 rings (SSSR count). The molecule has 0 N–H and O–H groups in total. The standard InChI is InChI=1S/C44H23N3OS3/c1-2-13-25-24(12-1)36-28-16-5-8-20-32(28)50-43(36)37-26-14-3-6-18-30(26)47(40(25)37)44-45-38-27-15-4-7-19-31(27)48-41(38)39(46-44)29-17-11-23-35-42(29)51-34-22-10-9-21-33(34)49-35/h1-23H. The maximum atomic E-state index is 6.66. The van der Waals surface area contributed by atoms with Crippen LogP contribution < -0.4 is 0 Å². The molecule has 1 aliphatic rings. The number of benzene rings is 7. The number of para-hydroxylation sites is 2. The third kappa shape index (κ3) is 3.88. The molecule has 0 fully saturated rings. The van der Waals surface area contributed by atoms with Crippen molar-refractivity contribution >= 4 is 110 Å². The Hall–Kier alpha value is -5.60. The van der Waals surface area contributed by atoms with Gasteiger partial charge in [-0.05, 0) is 47.9 Å². The Bertz CT molecular complexity index is 3280. The Morgan fingerprint density at radius 2 is 1.22 bits per heavy atom. The minimum atomic E-state index is 0.632. The summed E-state index contributed by atoms with van der Waals surface area (Å²) in [6, 6.07) is 49.6. The third-order valence-corrected chi connectivity index (χ3v) is 13.9. The second kappa shape index (κ2) is 10.5. The molecule has 11 aromatic rings. The maximum absolute atomic E-state index is 6.66. The van der Waals surface area contributed by atoms with Crippen LogP contribution in [0.3, 0.4) is 0 Å². The molecule has 0 saturated carbocycles. The number of furan rings is 1. The van der Waals surface area contributed by atoms with Gasteiger partial charge < -0.3 is 4.42 Å². The molecule has 238 valence electrons. The van der Waals surface area contributed by atoms with Gasteiger partial charge in [-0.15, -0.1) is 11.3 Å². The van der Waals surface area contributed by atoms with E-state index in [4.69, 9.17) is 14.4 Å². The van der Waals surface area contributed by atoms with Crippen LogP contribution in [0.1, 0.15) is 0 Å². The highest BCUT2D eigenvalue weighted by atomic mass is 32.2. The van der Waals surface area contributed by atoms with Gasteiger partial charge >= 0.3 is 0 Å². The molecule has 51 heavy (non-hydrogen) atoms. The molecule has 0 unspecified atom stereocenters. The second-order valence-electron chi connectivity index (χ2n) is 12.9. The van der Waals surface area contributed by atoms with Crippen LogP contribution in [-0.2, 0) is 0 Å². The number of hydrogen-bond donors (Lipinski definition) is 0. The predicted molar refractivity (Wildman–Crippen MR) is 214 cm³/mol. The van der Waals surface area contributed by atoms with Crippen LogP contribution in [0.2, 0.25) is 0 Å². The van der Waals surface area contributed by atoms with E-state index in [1.54, 1.807) is 11.8 Å². The average Bonchev–Trinajstić information content (AvgIpc) is 3.87. The summed E-state index contributed by atoms with van der Waals surface area (Å²) in [5.74, 6) is 0.632. The highest BCUT2D eigenvalue weighted by Gasteiger charge is 2.27. The van der Waals surface area contributed by atoms with Gasteiger partial charge in [0.2, 0.25) is 5.95 Å². The Balaban J connectivity index is 1.25. The SMILES string of the molecule is c1ccc2c(c1)Sc1cccc(-c3nc(-n4c5ccccc5c5c6sc7ccccc7c6c6ccccc6c54)nc4c3oc3ccccc34)c1S2. The van der Waals surface area contributed by atoms with Crippen LogP contribution in [0.15, 0.2) is 164 Å². The predicted octanol–water partition coefficient (Wildman–Crippen LogP) is 13.3. The summed E-state index contributed by atoms with van der Waals surface area (Å²) in [7, 11) is 0. The zero-order valence-corrected chi connectivity index (χ0v) is 29.2. The lowest BCUT2D eigenvalue weighted by Crippen LogP contribution is -2.04. The summed E-state index contributed by atoms with van der Waals surface area (Å²) in [4.78, 5) is 15.9. The zero-order chi connectivity index (χ0) is 33.2. The molecule has 0 bridgehead atoms. The van der Waals surface area contributed by atoms with E-state index in [0.29, 0.717) is 11.5 Å². The quantitative estimate of drug-likeness (QED) is 0.179. The van der Waals surface area contributed by atoms with Gasteiger partial charge in [0.1, 0.15) is 16.8 Å². The van der Waals surface area contributed by atoms with Crippen molar-refractivity contribution in [3.05, 3.63) is 140 Å². The van der Waals surface area contributed by atoms with Crippen LogP contribution >= 0.6 is 34.9 Å². The molecule has 0 radical (unpaired) electrons. The summed E-state index contributed by atoms with van der Waals surface area (Å²) in [6.45, 7) is 0. The number of hydrogen-bond acceptors (Lipinski definition) is 6. The average molecular weight is 706 g/mol. The first-order valence-electron chi connectivity index (χ1n) is 16.8. The van der Waals surface area contributed by atoms with Crippen molar-refractivity contribution in [3.63, 3.8) is 0 Å². The highest BCUT2D eigenvalue weighted by Crippen LogP contribution is 2.53. The maximum Gasteiger partial charge on any atom is 0.236 e. The van der Waals surface area contributed by atoms with Gasteiger partial charge in [-0.3, -0.25) is 4.57 Å². The first-order chi connectivity index (χ1) is 25.3. The fraction of sp³-hybridized carbons (Fsp3) is 0. The molecule has 7 aromatic carbocycles. The van der Waals surface area contributed by atoms with Crippen LogP contribution in [0.25, 0.3) is 92.0 Å². The molecule has 0 atom stereocenters. The van der Waals surface area contributed by atoms with Gasteiger partial charge in [0.05, 0.1) is 11.0 Å². The van der Waals surface area contributed by atoms with Gasteiger partial charge in [0.15, 0.2) is 5.58 Å². The lowest BCUT2D eigenvalue weighted by atomic mass is 10.00. The first-order valence-corrected chi connectivity index (χ1v) is 19.3. The molecule has 7 heteroatoms. The Morgan fingerprint density at radius 1 is 0.529 bits per heavy atom. The fourth-order valence-electron chi connectivity index (χ4n) is 7.93. The van der Waals surface area contributed by atoms with Gasteiger partial charge in [-0.25, -0.2) is 9.97 Å². The van der Waals surface area contributed by atoms with Gasteiger partial charge in [0, 0.05) is 66.9 Å². The van der Waals surface area contributed by atoms with Crippen molar-refractivity contribution in [2.45, 2.75) is 19.6 Å². The molecular formula is C44H23N3OS3. The lowest BCUT2D eigenvalue weighted by Gasteiger charge is -2.21. The monoisotopic (exact) mass is 705 g/mol. The number of thiophene rings is 1. The molecule has 0 saturated heterocycles. The van der Waals surface area contributed by atoms with Gasteiger partial charge in [0.25, 0.3) is 0 Å². The largest absolute Gasteiger partial charge is 0.452 e. The summed E-state index contributed by atoms with van der Waals surface area (Å²) in [5.41, 5.74) is 6.37. The van der Waals surface area contributed by atoms with Crippen molar-refractivity contribution in [2.24, 2.45) is 0 Å². The van der Waals surface area contributed by atoms with Gasteiger partial charge in [-0.2, -0.15) is 0 Å². The molecule has 4 nitrogen and oxygen atoms in total. The minimum absolute atomic E-state index is 0.632. The summed E-state index contributed by atoms with van der Waals surface area (Å²) >= 11 is 5.49. The number of rotatable bonds is 2. The number of nitrogens with zero attached hydrogens (tertiary/aromatic N) is 3. The molecule has 1 aliphatic heterocycles. The van der Waals surface area contributed by atoms with Crippen LogP contribution in [-0.4, -0.2) is 14.5 Å². The summed E-state index contributed by atoms with van der Waals surface area (Å²) in [6.07, 6.45) is 0. The van der Waals surface area contributed by atoms with E-state index in [1.807, 2.05) is 35.2 Å². The van der Waals surface area contributed by atoms with Crippen LogP contribution in [0, 0.1) is 0 Å². The van der Waals surface area contributed by atoms with Crippen molar-refractivity contribution in [1.29, 1.82) is 0 Å². The van der Waals surface area contributed by atoms with Crippen molar-refractivity contribution < 1.29 is 4.42 Å². The highest BCUT2D eigenvalue weighted by molar-refractivity contribution is 8.05. The van der Waals surface area contributed by atoms with E-state index >= 15 is 0 Å². The van der Waals surface area contributed by atoms with Crippen LogP contribution in [0.5, 0.6) is 0 Å². The second-order valence-corrected chi connectivity index (χ2v) is 16.0. The van der Waals surface area contributed by atoms with E-state index in [0.717, 1.165) is 38.8 Å². The van der Waals surface area contributed by atoms with E-state index in [1.165, 1.54) is 61.3 Å². The summed E-state index contributed by atoms with van der Waals surface area (Å²) in [5, 5.41) is 8.44. The minimum Gasteiger partial charge on any atom is -0.452 e. The molecule has 5 heterocycles. The number of fused-ring (bicyclic) bond motifs is 15. The van der Waals surface area contributed by atoms with E-state index in [2.05, 4.69) is 132 Å². The van der Waals surface area contributed by atoms with Crippen molar-refractivity contribution in [1.82, 2.24) is 14.5 Å². The normalized spacial score (nSPS) is 12.9. The van der Waals surface area contributed by atoms with E-state index in [-0.39, 0.29) is 0 Å². The Morgan fingerprint density at radius 3 is 2.10 bits per heavy atom. The summed E-state index contributed by atoms with van der Waals surface area (Å²) < 4.78 is 11.5. The van der Waals surface area contributed by atoms with E-state index in [9.17, 15) is 0 Å². The van der Waals surface area contributed by atoms with Gasteiger partial charge in [-0.1, -0.05) is 121 Å². The topological polar surface area (TPSA) is 43.9 Å². The lowest BCUT2D eigenvalue weighted by molar-refractivity contribution is 0.666. The molecule has 0 spiro atoms. The third-order valence-electron chi connectivity index (χ3n) is 10.1. The fourth-order valence-corrected chi connectivity index (χ4v) is 11.6. The van der Waals surface area contributed by atoms with Crippen molar-refractivity contribution in [3.8, 4) is 17.2 Å².